The van der Waals surface area contributed by atoms with Crippen molar-refractivity contribution < 1.29 is 0 Å². The molecule has 0 bridgehead atoms. The summed E-state index contributed by atoms with van der Waals surface area (Å²) >= 11 is 7.74. The summed E-state index contributed by atoms with van der Waals surface area (Å²) in [4.78, 5) is 5.44. The van der Waals surface area contributed by atoms with Gasteiger partial charge in [-0.15, -0.1) is 11.3 Å². The first-order valence-electron chi connectivity index (χ1n) is 4.65. The van der Waals surface area contributed by atoms with Crippen molar-refractivity contribution in [3.05, 3.63) is 45.9 Å². The Balaban J connectivity index is 2.18. The van der Waals surface area contributed by atoms with Gasteiger partial charge in [-0.25, -0.2) is 4.98 Å². The summed E-state index contributed by atoms with van der Waals surface area (Å²) in [5.74, 6) is 0. The highest BCUT2D eigenvalue weighted by molar-refractivity contribution is 7.15. The Morgan fingerprint density at radius 3 is 2.87 bits per heavy atom. The molecule has 1 aromatic heterocycles. The van der Waals surface area contributed by atoms with Crippen LogP contribution in [0.25, 0.3) is 0 Å². The fourth-order valence-electron chi connectivity index (χ4n) is 1.33. The minimum atomic E-state index is 0.817. The Morgan fingerprint density at radius 2 is 2.20 bits per heavy atom. The Bertz CT molecular complexity index is 453. The van der Waals surface area contributed by atoms with E-state index in [0.717, 1.165) is 22.1 Å². The van der Waals surface area contributed by atoms with Crippen LogP contribution < -0.4 is 5.32 Å². The van der Waals surface area contributed by atoms with Crippen LogP contribution >= 0.6 is 22.9 Å². The van der Waals surface area contributed by atoms with Crippen molar-refractivity contribution in [2.75, 3.05) is 12.4 Å². The summed E-state index contributed by atoms with van der Waals surface area (Å²) < 4.78 is 0. The van der Waals surface area contributed by atoms with Crippen LogP contribution in [0.5, 0.6) is 0 Å². The normalized spacial score (nSPS) is 10.3. The predicted octanol–water partition coefficient (Wildman–Crippen LogP) is 3.43. The lowest BCUT2D eigenvalue weighted by molar-refractivity contribution is 1.22. The van der Waals surface area contributed by atoms with Crippen molar-refractivity contribution in [2.45, 2.75) is 6.42 Å². The maximum absolute atomic E-state index is 6.08. The van der Waals surface area contributed by atoms with Gasteiger partial charge in [0.1, 0.15) is 0 Å². The molecule has 0 amide bonds. The van der Waals surface area contributed by atoms with E-state index in [0.29, 0.717) is 0 Å². The topological polar surface area (TPSA) is 24.9 Å². The molecule has 0 spiro atoms. The van der Waals surface area contributed by atoms with Crippen LogP contribution in [-0.4, -0.2) is 12.0 Å². The molecule has 0 atom stereocenters. The molecule has 2 aromatic rings. The minimum Gasteiger partial charge on any atom is -0.365 e. The van der Waals surface area contributed by atoms with Crippen LogP contribution in [0.1, 0.15) is 10.4 Å². The van der Waals surface area contributed by atoms with Gasteiger partial charge in [0, 0.05) is 29.6 Å². The first kappa shape index (κ1) is 10.5. The van der Waals surface area contributed by atoms with E-state index in [2.05, 4.69) is 10.3 Å². The second-order valence-electron chi connectivity index (χ2n) is 3.15. The Kier molecular flexibility index (Phi) is 3.23. The number of hydrogen-bond donors (Lipinski definition) is 1. The molecule has 0 aliphatic carbocycles. The Morgan fingerprint density at radius 1 is 1.40 bits per heavy atom. The number of halogens is 1. The lowest BCUT2D eigenvalue weighted by Gasteiger charge is -2.00. The van der Waals surface area contributed by atoms with Crippen LogP contribution in [-0.2, 0) is 6.42 Å². The van der Waals surface area contributed by atoms with Gasteiger partial charge in [-0.2, -0.15) is 0 Å². The Labute approximate surface area is 97.9 Å². The molecule has 0 aliphatic rings. The van der Waals surface area contributed by atoms with Crippen molar-refractivity contribution in [3.63, 3.8) is 0 Å². The number of nitrogens with one attached hydrogen (secondary N) is 1. The van der Waals surface area contributed by atoms with Gasteiger partial charge in [-0.1, -0.05) is 29.8 Å². The molecule has 2 nitrogen and oxygen atoms in total. The fourth-order valence-corrected chi connectivity index (χ4v) is 2.33. The van der Waals surface area contributed by atoms with Gasteiger partial charge in [0.25, 0.3) is 0 Å². The van der Waals surface area contributed by atoms with E-state index >= 15 is 0 Å². The standard InChI is InChI=1S/C11H11ClN2S/c1-13-11-14-7-9(15-11)6-8-4-2-3-5-10(8)12/h2-5,7H,6H2,1H3,(H,13,14). The van der Waals surface area contributed by atoms with Crippen LogP contribution in [0.4, 0.5) is 5.13 Å². The molecule has 0 saturated carbocycles. The summed E-state index contributed by atoms with van der Waals surface area (Å²) in [7, 11) is 1.87. The zero-order chi connectivity index (χ0) is 10.7. The molecule has 0 aliphatic heterocycles. The SMILES string of the molecule is CNc1ncc(Cc2ccccc2Cl)s1. The highest BCUT2D eigenvalue weighted by Crippen LogP contribution is 2.24. The maximum Gasteiger partial charge on any atom is 0.182 e. The molecule has 0 unspecified atom stereocenters. The first-order chi connectivity index (χ1) is 7.29. The fraction of sp³-hybridized carbons (Fsp3) is 0.182. The van der Waals surface area contributed by atoms with Crippen molar-refractivity contribution in [1.82, 2.24) is 4.98 Å². The predicted molar refractivity (Wildman–Crippen MR) is 65.9 cm³/mol. The molecule has 0 fully saturated rings. The molecule has 0 radical (unpaired) electrons. The average Bonchev–Trinajstić information content (AvgIpc) is 2.69. The zero-order valence-corrected chi connectivity index (χ0v) is 9.90. The van der Waals surface area contributed by atoms with E-state index in [-0.39, 0.29) is 0 Å². The second kappa shape index (κ2) is 4.64. The molecule has 1 aromatic carbocycles. The number of hydrogen-bond acceptors (Lipinski definition) is 3. The quantitative estimate of drug-likeness (QED) is 0.886. The molecule has 4 heteroatoms. The highest BCUT2D eigenvalue weighted by Gasteiger charge is 2.04. The average molecular weight is 239 g/mol. The van der Waals surface area contributed by atoms with E-state index in [1.807, 2.05) is 37.5 Å². The maximum atomic E-state index is 6.08. The number of benzene rings is 1. The number of rotatable bonds is 3. The van der Waals surface area contributed by atoms with Crippen LogP contribution in [0.15, 0.2) is 30.5 Å². The Hall–Kier alpha value is -1.06. The monoisotopic (exact) mass is 238 g/mol. The summed E-state index contributed by atoms with van der Waals surface area (Å²) in [5.41, 5.74) is 1.14. The van der Waals surface area contributed by atoms with Crippen molar-refractivity contribution in [1.29, 1.82) is 0 Å². The molecule has 1 heterocycles. The summed E-state index contributed by atoms with van der Waals surface area (Å²) in [5, 5.41) is 4.78. The number of thiazole rings is 1. The van der Waals surface area contributed by atoms with Gasteiger partial charge in [0.15, 0.2) is 5.13 Å². The van der Waals surface area contributed by atoms with E-state index < -0.39 is 0 Å². The third kappa shape index (κ3) is 2.49. The second-order valence-corrected chi connectivity index (χ2v) is 4.67. The van der Waals surface area contributed by atoms with E-state index in [4.69, 9.17) is 11.6 Å². The molecule has 15 heavy (non-hydrogen) atoms. The van der Waals surface area contributed by atoms with E-state index in [1.54, 1.807) is 11.3 Å². The van der Waals surface area contributed by atoms with Crippen molar-refractivity contribution in [2.24, 2.45) is 0 Å². The van der Waals surface area contributed by atoms with Crippen LogP contribution in [0, 0.1) is 0 Å². The smallest absolute Gasteiger partial charge is 0.182 e. The third-order valence-corrected chi connectivity index (χ3v) is 3.47. The van der Waals surface area contributed by atoms with Gasteiger partial charge < -0.3 is 5.32 Å². The van der Waals surface area contributed by atoms with Crippen molar-refractivity contribution in [3.8, 4) is 0 Å². The van der Waals surface area contributed by atoms with Gasteiger partial charge >= 0.3 is 0 Å². The number of anilines is 1. The van der Waals surface area contributed by atoms with Crippen LogP contribution in [0.2, 0.25) is 5.02 Å². The van der Waals surface area contributed by atoms with Gasteiger partial charge in [0.2, 0.25) is 0 Å². The van der Waals surface area contributed by atoms with Gasteiger partial charge in [-0.3, -0.25) is 0 Å². The lowest BCUT2D eigenvalue weighted by Crippen LogP contribution is -1.85. The third-order valence-electron chi connectivity index (χ3n) is 2.09. The highest BCUT2D eigenvalue weighted by atomic mass is 35.5. The minimum absolute atomic E-state index is 0.817. The molecular formula is C11H11ClN2S. The molecular weight excluding hydrogens is 228 g/mol. The molecule has 78 valence electrons. The van der Waals surface area contributed by atoms with E-state index in [9.17, 15) is 0 Å². The van der Waals surface area contributed by atoms with E-state index in [1.165, 1.54) is 4.88 Å². The number of nitrogens with zero attached hydrogens (tertiary/aromatic N) is 1. The van der Waals surface area contributed by atoms with Crippen molar-refractivity contribution >= 4 is 28.1 Å². The molecule has 2 rings (SSSR count). The lowest BCUT2D eigenvalue weighted by atomic mass is 10.1. The first-order valence-corrected chi connectivity index (χ1v) is 5.85. The summed E-state index contributed by atoms with van der Waals surface area (Å²) in [6, 6.07) is 7.90. The zero-order valence-electron chi connectivity index (χ0n) is 8.33. The van der Waals surface area contributed by atoms with Crippen LogP contribution in [0.3, 0.4) is 0 Å². The summed E-state index contributed by atoms with van der Waals surface area (Å²) in [6.07, 6.45) is 2.73. The van der Waals surface area contributed by atoms with Gasteiger partial charge in [0.05, 0.1) is 0 Å². The molecule has 1 N–H and O–H groups in total. The van der Waals surface area contributed by atoms with Gasteiger partial charge in [-0.05, 0) is 11.6 Å². The largest absolute Gasteiger partial charge is 0.365 e. The summed E-state index contributed by atoms with van der Waals surface area (Å²) in [6.45, 7) is 0. The molecule has 0 saturated heterocycles. The number of aromatic nitrogens is 1.